The van der Waals surface area contributed by atoms with Gasteiger partial charge < -0.3 is 10.1 Å². The van der Waals surface area contributed by atoms with Gasteiger partial charge in [0.2, 0.25) is 0 Å². The number of para-hydroxylation sites is 1. The lowest BCUT2D eigenvalue weighted by molar-refractivity contribution is 0.129. The fraction of sp³-hybridized carbons (Fsp3) is 0.438. The summed E-state index contributed by atoms with van der Waals surface area (Å²) in [6.07, 6.45) is 2.32. The molecular weight excluding hydrogens is 236 g/mol. The topological polar surface area (TPSA) is 34.1 Å². The largest absolute Gasteiger partial charge is 0.382 e. The molecule has 3 heteroatoms. The Morgan fingerprint density at radius 2 is 2.11 bits per heavy atom. The van der Waals surface area contributed by atoms with E-state index in [1.54, 1.807) is 7.11 Å². The van der Waals surface area contributed by atoms with Gasteiger partial charge in [-0.25, -0.2) is 0 Å². The quantitative estimate of drug-likeness (QED) is 0.859. The Hall–Kier alpha value is -1.61. The first-order valence-electron chi connectivity index (χ1n) is 6.90. The Bertz CT molecular complexity index is 539. The monoisotopic (exact) mass is 258 g/mol. The molecular formula is C16H22N2O. The average molecular weight is 258 g/mol. The average Bonchev–Trinajstić information content (AvgIpc) is 2.44. The summed E-state index contributed by atoms with van der Waals surface area (Å²) < 4.78 is 5.28. The predicted octanol–water partition coefficient (Wildman–Crippen LogP) is 3.63. The third kappa shape index (κ3) is 3.44. The number of nitrogens with one attached hydrogen (secondary N) is 1. The highest BCUT2D eigenvalue weighted by molar-refractivity contribution is 5.91. The molecule has 1 aromatic heterocycles. The first-order valence-corrected chi connectivity index (χ1v) is 6.90. The van der Waals surface area contributed by atoms with Gasteiger partial charge in [0.25, 0.3) is 0 Å². The molecule has 0 fully saturated rings. The van der Waals surface area contributed by atoms with Crippen molar-refractivity contribution < 1.29 is 4.74 Å². The van der Waals surface area contributed by atoms with Crippen LogP contribution in [0, 0.1) is 0 Å². The van der Waals surface area contributed by atoms with E-state index in [2.05, 4.69) is 43.4 Å². The van der Waals surface area contributed by atoms with Crippen LogP contribution in [0.2, 0.25) is 0 Å². The van der Waals surface area contributed by atoms with E-state index in [1.165, 1.54) is 5.39 Å². The lowest BCUT2D eigenvalue weighted by atomic mass is 10.1. The Labute approximate surface area is 115 Å². The lowest BCUT2D eigenvalue weighted by Crippen LogP contribution is -2.18. The summed E-state index contributed by atoms with van der Waals surface area (Å²) in [5.41, 5.74) is 3.35. The maximum absolute atomic E-state index is 5.28. The van der Waals surface area contributed by atoms with E-state index in [9.17, 15) is 0 Å². The Balaban J connectivity index is 2.33. The molecule has 0 aliphatic carbocycles. The molecule has 0 aliphatic heterocycles. The summed E-state index contributed by atoms with van der Waals surface area (Å²) in [5.74, 6) is 0. The van der Waals surface area contributed by atoms with Crippen LogP contribution in [0.1, 0.15) is 26.0 Å². The fourth-order valence-electron chi connectivity index (χ4n) is 2.10. The van der Waals surface area contributed by atoms with Crippen molar-refractivity contribution in [3.63, 3.8) is 0 Å². The van der Waals surface area contributed by atoms with E-state index < -0.39 is 0 Å². The van der Waals surface area contributed by atoms with Crippen molar-refractivity contribution in [2.24, 2.45) is 0 Å². The number of fused-ring (bicyclic) bond motifs is 1. The van der Waals surface area contributed by atoms with Crippen molar-refractivity contribution in [3.8, 4) is 0 Å². The number of nitrogens with zero attached hydrogens (tertiary/aromatic N) is 1. The molecule has 1 aromatic carbocycles. The molecule has 1 N–H and O–H groups in total. The van der Waals surface area contributed by atoms with Crippen LogP contribution in [0.5, 0.6) is 0 Å². The second-order valence-electron chi connectivity index (χ2n) is 4.86. The molecule has 1 unspecified atom stereocenters. The number of anilines is 1. The molecule has 0 saturated carbocycles. The highest BCUT2D eigenvalue weighted by atomic mass is 16.5. The summed E-state index contributed by atoms with van der Waals surface area (Å²) in [6, 6.07) is 10.4. The summed E-state index contributed by atoms with van der Waals surface area (Å²) in [7, 11) is 1.74. The van der Waals surface area contributed by atoms with Crippen LogP contribution < -0.4 is 5.32 Å². The van der Waals surface area contributed by atoms with Crippen LogP contribution >= 0.6 is 0 Å². The molecule has 1 heterocycles. The first kappa shape index (κ1) is 13.8. The number of methoxy groups -OCH3 is 1. The third-order valence-corrected chi connectivity index (χ3v) is 3.26. The summed E-state index contributed by atoms with van der Waals surface area (Å²) in [5, 5.41) is 4.64. The zero-order valence-corrected chi connectivity index (χ0v) is 11.9. The van der Waals surface area contributed by atoms with E-state index in [4.69, 9.17) is 9.72 Å². The maximum atomic E-state index is 5.28. The van der Waals surface area contributed by atoms with E-state index >= 15 is 0 Å². The van der Waals surface area contributed by atoms with Gasteiger partial charge in [0.15, 0.2) is 0 Å². The number of rotatable bonds is 6. The normalized spacial score (nSPS) is 12.6. The van der Waals surface area contributed by atoms with Crippen molar-refractivity contribution in [3.05, 3.63) is 36.0 Å². The molecule has 3 nitrogen and oxygen atoms in total. The number of ether oxygens (including phenoxy) is 1. The van der Waals surface area contributed by atoms with E-state index in [-0.39, 0.29) is 6.10 Å². The van der Waals surface area contributed by atoms with Gasteiger partial charge in [-0.2, -0.15) is 0 Å². The molecule has 0 aliphatic rings. The van der Waals surface area contributed by atoms with Gasteiger partial charge in [-0.3, -0.25) is 4.98 Å². The van der Waals surface area contributed by atoms with Crippen LogP contribution in [-0.4, -0.2) is 24.7 Å². The van der Waals surface area contributed by atoms with Crippen molar-refractivity contribution in [2.45, 2.75) is 32.8 Å². The molecule has 2 aromatic rings. The zero-order chi connectivity index (χ0) is 13.7. The van der Waals surface area contributed by atoms with Gasteiger partial charge in [-0.1, -0.05) is 31.5 Å². The molecule has 1 atom stereocenters. The lowest BCUT2D eigenvalue weighted by Gasteiger charge is -2.15. The number of aryl methyl sites for hydroxylation is 1. The molecule has 0 radical (unpaired) electrons. The second-order valence-corrected chi connectivity index (χ2v) is 4.86. The summed E-state index contributed by atoms with van der Waals surface area (Å²) >= 11 is 0. The van der Waals surface area contributed by atoms with E-state index in [0.29, 0.717) is 0 Å². The van der Waals surface area contributed by atoms with E-state index in [1.807, 2.05) is 6.07 Å². The third-order valence-electron chi connectivity index (χ3n) is 3.26. The standard InChI is InChI=1S/C16H22N2O/c1-4-7-13-10-16(17-11-12(2)19-3)14-8-5-6-9-15(14)18-13/h5-6,8-10,12H,4,7,11H2,1-3H3,(H,17,18). The van der Waals surface area contributed by atoms with Crippen LogP contribution in [0.25, 0.3) is 10.9 Å². The fourth-order valence-corrected chi connectivity index (χ4v) is 2.10. The number of pyridine rings is 1. The van der Waals surface area contributed by atoms with Crippen molar-refractivity contribution in [1.29, 1.82) is 0 Å². The second kappa shape index (κ2) is 6.53. The first-order chi connectivity index (χ1) is 9.24. The molecule has 102 valence electrons. The van der Waals surface area contributed by atoms with Gasteiger partial charge in [0.1, 0.15) is 0 Å². The Morgan fingerprint density at radius 1 is 1.32 bits per heavy atom. The van der Waals surface area contributed by atoms with Crippen molar-refractivity contribution in [1.82, 2.24) is 4.98 Å². The van der Waals surface area contributed by atoms with E-state index in [0.717, 1.165) is 36.3 Å². The number of aromatic nitrogens is 1. The van der Waals surface area contributed by atoms with Crippen molar-refractivity contribution >= 4 is 16.6 Å². The minimum absolute atomic E-state index is 0.196. The van der Waals surface area contributed by atoms with Gasteiger partial charge in [-0.15, -0.1) is 0 Å². The molecule has 2 rings (SSSR count). The van der Waals surface area contributed by atoms with Gasteiger partial charge in [0.05, 0.1) is 11.6 Å². The molecule has 0 saturated heterocycles. The van der Waals surface area contributed by atoms with Crippen LogP contribution in [-0.2, 0) is 11.2 Å². The molecule has 0 bridgehead atoms. The molecule has 0 spiro atoms. The number of benzene rings is 1. The molecule has 19 heavy (non-hydrogen) atoms. The van der Waals surface area contributed by atoms with Gasteiger partial charge in [-0.05, 0) is 25.5 Å². The van der Waals surface area contributed by atoms with Crippen molar-refractivity contribution in [2.75, 3.05) is 19.0 Å². The smallest absolute Gasteiger partial charge is 0.0726 e. The summed E-state index contributed by atoms with van der Waals surface area (Å²) in [4.78, 5) is 4.70. The highest BCUT2D eigenvalue weighted by Crippen LogP contribution is 2.23. The SMILES string of the molecule is CCCc1cc(NCC(C)OC)c2ccccc2n1. The Morgan fingerprint density at radius 3 is 2.84 bits per heavy atom. The number of hydrogen-bond acceptors (Lipinski definition) is 3. The molecule has 0 amide bonds. The Kier molecular flexibility index (Phi) is 4.74. The van der Waals surface area contributed by atoms with Crippen LogP contribution in [0.3, 0.4) is 0 Å². The summed E-state index contributed by atoms with van der Waals surface area (Å²) in [6.45, 7) is 5.04. The maximum Gasteiger partial charge on any atom is 0.0726 e. The number of hydrogen-bond donors (Lipinski definition) is 1. The predicted molar refractivity (Wildman–Crippen MR) is 80.7 cm³/mol. The van der Waals surface area contributed by atoms with Crippen LogP contribution in [0.4, 0.5) is 5.69 Å². The highest BCUT2D eigenvalue weighted by Gasteiger charge is 2.06. The minimum Gasteiger partial charge on any atom is -0.382 e. The van der Waals surface area contributed by atoms with Crippen LogP contribution in [0.15, 0.2) is 30.3 Å². The zero-order valence-electron chi connectivity index (χ0n) is 11.9. The van der Waals surface area contributed by atoms with Gasteiger partial charge in [0, 0.05) is 30.4 Å². The minimum atomic E-state index is 0.196. The van der Waals surface area contributed by atoms with Gasteiger partial charge >= 0.3 is 0 Å².